The quantitative estimate of drug-likeness (QED) is 0.633. The Morgan fingerprint density at radius 2 is 2.33 bits per heavy atom. The molecule has 4 heteroatoms. The first kappa shape index (κ1) is 14.4. The Balaban J connectivity index is 1.88. The lowest BCUT2D eigenvalue weighted by atomic mass is 9.81. The van der Waals surface area contributed by atoms with Crippen molar-refractivity contribution < 1.29 is 14.3 Å². The predicted molar refractivity (Wildman–Crippen MR) is 80.9 cm³/mol. The average Bonchev–Trinajstić information content (AvgIpc) is 2.47. The van der Waals surface area contributed by atoms with E-state index in [2.05, 4.69) is 11.8 Å². The number of carbonyl (C=O) groups excluding carboxylic acids is 1. The van der Waals surface area contributed by atoms with Gasteiger partial charge in [-0.1, -0.05) is 6.92 Å². The molecule has 0 unspecified atom stereocenters. The molecule has 1 aromatic carbocycles. The zero-order valence-electron chi connectivity index (χ0n) is 12.8. The Hall–Kier alpha value is -1.55. The zero-order valence-corrected chi connectivity index (χ0v) is 12.8. The maximum atomic E-state index is 11.1. The highest BCUT2D eigenvalue weighted by molar-refractivity contribution is 5.69. The normalized spacial score (nSPS) is 24.7. The monoisotopic (exact) mass is 289 g/mol. The Kier molecular flexibility index (Phi) is 4.15. The molecule has 21 heavy (non-hydrogen) atoms. The Morgan fingerprint density at radius 1 is 1.48 bits per heavy atom. The van der Waals surface area contributed by atoms with Crippen LogP contribution in [0.3, 0.4) is 0 Å². The lowest BCUT2D eigenvalue weighted by Crippen LogP contribution is -2.49. The molecule has 0 spiro atoms. The summed E-state index contributed by atoms with van der Waals surface area (Å²) in [6.07, 6.45) is 3.58. The van der Waals surface area contributed by atoms with Crippen molar-refractivity contribution in [3.8, 4) is 11.5 Å². The summed E-state index contributed by atoms with van der Waals surface area (Å²) in [5, 5.41) is 0. The van der Waals surface area contributed by atoms with Gasteiger partial charge in [0.05, 0.1) is 6.04 Å². The molecule has 0 bridgehead atoms. The molecule has 114 valence electrons. The second-order valence-corrected chi connectivity index (χ2v) is 5.96. The molecule has 0 aliphatic carbocycles. The summed E-state index contributed by atoms with van der Waals surface area (Å²) in [4.78, 5) is 13.7. The summed E-state index contributed by atoms with van der Waals surface area (Å²) in [6.45, 7) is 6.72. The van der Waals surface area contributed by atoms with Crippen LogP contribution in [-0.2, 0) is 4.79 Å². The van der Waals surface area contributed by atoms with E-state index in [-0.39, 0.29) is 5.97 Å². The van der Waals surface area contributed by atoms with E-state index in [0.29, 0.717) is 17.7 Å². The first-order valence-electron chi connectivity index (χ1n) is 7.88. The van der Waals surface area contributed by atoms with Gasteiger partial charge in [0.1, 0.15) is 18.1 Å². The fourth-order valence-electron chi connectivity index (χ4n) is 3.63. The van der Waals surface area contributed by atoms with E-state index in [0.717, 1.165) is 25.4 Å². The van der Waals surface area contributed by atoms with Crippen molar-refractivity contribution in [3.63, 3.8) is 0 Å². The molecule has 4 nitrogen and oxygen atoms in total. The number of ether oxygens (including phenoxy) is 2. The van der Waals surface area contributed by atoms with Crippen molar-refractivity contribution in [3.05, 3.63) is 23.8 Å². The molecule has 2 atom stereocenters. The van der Waals surface area contributed by atoms with Crippen molar-refractivity contribution in [2.75, 3.05) is 19.7 Å². The lowest BCUT2D eigenvalue weighted by Gasteiger charge is -2.44. The highest BCUT2D eigenvalue weighted by atomic mass is 16.5. The van der Waals surface area contributed by atoms with Gasteiger partial charge in [-0.05, 0) is 50.6 Å². The van der Waals surface area contributed by atoms with Gasteiger partial charge >= 0.3 is 5.97 Å². The molecule has 0 aromatic heterocycles. The molecule has 2 aliphatic rings. The number of hydrogen-bond donors (Lipinski definition) is 0. The number of benzene rings is 1. The third kappa shape index (κ3) is 2.91. The van der Waals surface area contributed by atoms with Crippen LogP contribution in [0.2, 0.25) is 0 Å². The number of piperidine rings is 1. The molecular formula is C17H23NO3. The Morgan fingerprint density at radius 3 is 3.10 bits per heavy atom. The van der Waals surface area contributed by atoms with Crippen molar-refractivity contribution in [2.45, 2.75) is 45.1 Å². The molecule has 1 saturated heterocycles. The fraction of sp³-hybridized carbons (Fsp3) is 0.588. The first-order valence-corrected chi connectivity index (χ1v) is 7.88. The van der Waals surface area contributed by atoms with Crippen molar-refractivity contribution >= 4 is 5.97 Å². The predicted octanol–water partition coefficient (Wildman–Crippen LogP) is 2.96. The highest BCUT2D eigenvalue weighted by Crippen LogP contribution is 2.42. The third-order valence-corrected chi connectivity index (χ3v) is 4.46. The SMILES string of the molecule is CCCN1CCC[C@H]2c3cc(OC(C)=O)ccc3OC[C@@H]21. The van der Waals surface area contributed by atoms with Crippen molar-refractivity contribution in [2.24, 2.45) is 0 Å². The standard InChI is InChI=1S/C17H23NO3/c1-3-8-18-9-4-5-14-15-10-13(21-12(2)19)6-7-17(15)20-11-16(14)18/h6-7,10,14,16H,3-5,8-9,11H2,1-2H3/t14-,16-/m0/s1. The minimum Gasteiger partial charge on any atom is -0.492 e. The van der Waals surface area contributed by atoms with E-state index in [1.807, 2.05) is 18.2 Å². The summed E-state index contributed by atoms with van der Waals surface area (Å²) < 4.78 is 11.2. The molecule has 0 N–H and O–H groups in total. The summed E-state index contributed by atoms with van der Waals surface area (Å²) in [6, 6.07) is 6.19. The number of nitrogens with zero attached hydrogens (tertiary/aromatic N) is 1. The van der Waals surface area contributed by atoms with Crippen LogP contribution in [0.15, 0.2) is 18.2 Å². The Labute approximate surface area is 126 Å². The second-order valence-electron chi connectivity index (χ2n) is 5.96. The number of hydrogen-bond acceptors (Lipinski definition) is 4. The average molecular weight is 289 g/mol. The largest absolute Gasteiger partial charge is 0.492 e. The van der Waals surface area contributed by atoms with Crippen LogP contribution in [0.4, 0.5) is 0 Å². The van der Waals surface area contributed by atoms with Crippen LogP contribution in [0.25, 0.3) is 0 Å². The fourth-order valence-corrected chi connectivity index (χ4v) is 3.63. The molecule has 3 rings (SSSR count). The molecule has 1 fully saturated rings. The van der Waals surface area contributed by atoms with Gasteiger partial charge in [-0.25, -0.2) is 0 Å². The van der Waals surface area contributed by atoms with E-state index < -0.39 is 0 Å². The number of esters is 1. The minimum absolute atomic E-state index is 0.278. The Bertz CT molecular complexity index is 527. The van der Waals surface area contributed by atoms with E-state index in [1.165, 1.54) is 31.7 Å². The van der Waals surface area contributed by atoms with Crippen LogP contribution in [0.1, 0.15) is 44.6 Å². The summed E-state index contributed by atoms with van der Waals surface area (Å²) in [7, 11) is 0. The van der Waals surface area contributed by atoms with Crippen LogP contribution in [-0.4, -0.2) is 36.6 Å². The van der Waals surface area contributed by atoms with E-state index in [9.17, 15) is 4.79 Å². The number of carbonyl (C=O) groups is 1. The van der Waals surface area contributed by atoms with E-state index >= 15 is 0 Å². The molecule has 1 aromatic rings. The topological polar surface area (TPSA) is 38.8 Å². The molecule has 2 heterocycles. The van der Waals surface area contributed by atoms with Crippen molar-refractivity contribution in [1.29, 1.82) is 0 Å². The third-order valence-electron chi connectivity index (χ3n) is 4.46. The van der Waals surface area contributed by atoms with Crippen LogP contribution in [0, 0.1) is 0 Å². The smallest absolute Gasteiger partial charge is 0.308 e. The van der Waals surface area contributed by atoms with E-state index in [1.54, 1.807) is 0 Å². The van der Waals surface area contributed by atoms with E-state index in [4.69, 9.17) is 9.47 Å². The van der Waals surface area contributed by atoms with Gasteiger partial charge < -0.3 is 9.47 Å². The first-order chi connectivity index (χ1) is 10.2. The molecule has 2 aliphatic heterocycles. The van der Waals surface area contributed by atoms with Gasteiger partial charge in [0.2, 0.25) is 0 Å². The van der Waals surface area contributed by atoms with Crippen LogP contribution < -0.4 is 9.47 Å². The number of rotatable bonds is 3. The summed E-state index contributed by atoms with van der Waals surface area (Å²) in [5.41, 5.74) is 1.20. The van der Waals surface area contributed by atoms with Gasteiger partial charge in [-0.15, -0.1) is 0 Å². The van der Waals surface area contributed by atoms with Crippen LogP contribution in [0.5, 0.6) is 11.5 Å². The van der Waals surface area contributed by atoms with Gasteiger partial charge in [-0.2, -0.15) is 0 Å². The second kappa shape index (κ2) is 6.06. The number of fused-ring (bicyclic) bond motifs is 3. The summed E-state index contributed by atoms with van der Waals surface area (Å²) >= 11 is 0. The minimum atomic E-state index is -0.278. The van der Waals surface area contributed by atoms with Gasteiger partial charge in [-0.3, -0.25) is 9.69 Å². The molecule has 0 amide bonds. The number of likely N-dealkylation sites (tertiary alicyclic amines) is 1. The lowest BCUT2D eigenvalue weighted by molar-refractivity contribution is -0.131. The maximum absolute atomic E-state index is 11.1. The zero-order chi connectivity index (χ0) is 14.8. The van der Waals surface area contributed by atoms with Gasteiger partial charge in [0.25, 0.3) is 0 Å². The molecule has 0 saturated carbocycles. The maximum Gasteiger partial charge on any atom is 0.308 e. The summed E-state index contributed by atoms with van der Waals surface area (Å²) in [5.74, 6) is 1.78. The van der Waals surface area contributed by atoms with Crippen LogP contribution >= 0.6 is 0 Å². The van der Waals surface area contributed by atoms with Gasteiger partial charge in [0, 0.05) is 18.4 Å². The molecular weight excluding hydrogens is 266 g/mol. The van der Waals surface area contributed by atoms with Gasteiger partial charge in [0.15, 0.2) is 0 Å². The highest BCUT2D eigenvalue weighted by Gasteiger charge is 2.37. The molecule has 0 radical (unpaired) electrons. The van der Waals surface area contributed by atoms with Crippen molar-refractivity contribution in [1.82, 2.24) is 4.90 Å².